The second kappa shape index (κ2) is 7.62. The minimum Gasteiger partial charge on any atom is -0.454 e. The molecule has 1 aliphatic rings. The van der Waals surface area contributed by atoms with Gasteiger partial charge in [-0.1, -0.05) is 6.07 Å². The maximum absolute atomic E-state index is 12.9. The van der Waals surface area contributed by atoms with Crippen LogP contribution in [-0.2, 0) is 0 Å². The van der Waals surface area contributed by atoms with Gasteiger partial charge in [-0.2, -0.15) is 0 Å². The number of halogens is 1. The van der Waals surface area contributed by atoms with E-state index in [4.69, 9.17) is 14.9 Å². The molecule has 0 spiro atoms. The number of nitrogens with zero attached hydrogens (tertiary/aromatic N) is 2. The average Bonchev–Trinajstić information content (AvgIpc) is 2.76. The summed E-state index contributed by atoms with van der Waals surface area (Å²) in [5, 5.41) is 3.79. The molecule has 1 saturated heterocycles. The first kappa shape index (κ1) is 18.9. The van der Waals surface area contributed by atoms with Gasteiger partial charge in [-0.15, -0.1) is 0 Å². The number of hydrogen-bond acceptors (Lipinski definition) is 7. The molecular weight excluding hydrogens is 448 g/mol. The second-order valence-electron chi connectivity index (χ2n) is 7.10. The fourth-order valence-electron chi connectivity index (χ4n) is 3.64. The SMILES string of the molecule is Nc1nc2c(=O)c3c(Br)cccc3oc2cc1Oc1ccc(N2CCNCC2)cc1. The van der Waals surface area contributed by atoms with Gasteiger partial charge in [-0.25, -0.2) is 4.98 Å². The van der Waals surface area contributed by atoms with Crippen LogP contribution in [0.15, 0.2) is 62.2 Å². The van der Waals surface area contributed by atoms with Crippen LogP contribution in [0.3, 0.4) is 0 Å². The molecule has 0 saturated carbocycles. The molecule has 0 radical (unpaired) electrons. The molecule has 0 amide bonds. The standard InChI is InChI=1S/C22H19BrN4O3/c23-15-2-1-3-16-19(15)21(28)20-17(30-16)12-18(22(24)26-20)29-14-6-4-13(5-7-14)27-10-8-25-9-11-27/h1-7,12,25H,8-11H2,(H2,24,26). The molecule has 8 heteroatoms. The van der Waals surface area contributed by atoms with Crippen molar-refractivity contribution in [2.75, 3.05) is 36.8 Å². The highest BCUT2D eigenvalue weighted by Gasteiger charge is 2.16. The molecule has 7 nitrogen and oxygen atoms in total. The van der Waals surface area contributed by atoms with Gasteiger partial charge in [-0.3, -0.25) is 4.79 Å². The van der Waals surface area contributed by atoms with Crippen molar-refractivity contribution in [3.63, 3.8) is 0 Å². The third-order valence-corrected chi connectivity index (χ3v) is 5.83. The van der Waals surface area contributed by atoms with Gasteiger partial charge in [0.1, 0.15) is 11.3 Å². The number of rotatable bonds is 3. The summed E-state index contributed by atoms with van der Waals surface area (Å²) >= 11 is 3.39. The van der Waals surface area contributed by atoms with Crippen LogP contribution in [0.4, 0.5) is 11.5 Å². The van der Waals surface area contributed by atoms with Crippen molar-refractivity contribution in [3.05, 3.63) is 63.2 Å². The van der Waals surface area contributed by atoms with Crippen LogP contribution < -0.4 is 26.1 Å². The van der Waals surface area contributed by atoms with E-state index in [-0.39, 0.29) is 16.8 Å². The molecule has 2 aromatic heterocycles. The quantitative estimate of drug-likeness (QED) is 0.442. The first-order valence-corrected chi connectivity index (χ1v) is 10.4. The van der Waals surface area contributed by atoms with Crippen molar-refractivity contribution >= 4 is 49.5 Å². The Bertz CT molecular complexity index is 1300. The number of nitrogens with one attached hydrogen (secondary N) is 1. The summed E-state index contributed by atoms with van der Waals surface area (Å²) in [6.07, 6.45) is 0. The molecule has 3 N–H and O–H groups in total. The molecule has 30 heavy (non-hydrogen) atoms. The normalized spacial score (nSPS) is 14.4. The molecule has 1 aliphatic heterocycles. The smallest absolute Gasteiger partial charge is 0.220 e. The van der Waals surface area contributed by atoms with Crippen molar-refractivity contribution in [1.82, 2.24) is 10.3 Å². The van der Waals surface area contributed by atoms with E-state index in [1.165, 1.54) is 0 Å². The predicted octanol–water partition coefficient (Wildman–Crippen LogP) is 3.89. The Hall–Kier alpha value is -3.10. The Morgan fingerprint density at radius 1 is 1.10 bits per heavy atom. The Balaban J connectivity index is 1.49. The Morgan fingerprint density at radius 2 is 1.87 bits per heavy atom. The van der Waals surface area contributed by atoms with E-state index >= 15 is 0 Å². The number of piperazine rings is 1. The zero-order valence-corrected chi connectivity index (χ0v) is 17.6. The average molecular weight is 467 g/mol. The predicted molar refractivity (Wildman–Crippen MR) is 121 cm³/mol. The molecule has 1 fully saturated rings. The molecule has 0 bridgehead atoms. The number of aromatic nitrogens is 1. The highest BCUT2D eigenvalue weighted by Crippen LogP contribution is 2.32. The first-order valence-electron chi connectivity index (χ1n) is 9.65. The lowest BCUT2D eigenvalue weighted by Crippen LogP contribution is -2.43. The highest BCUT2D eigenvalue weighted by atomic mass is 79.9. The van der Waals surface area contributed by atoms with E-state index in [2.05, 4.69) is 31.1 Å². The fraction of sp³-hybridized carbons (Fsp3) is 0.182. The van der Waals surface area contributed by atoms with E-state index in [0.29, 0.717) is 32.5 Å². The van der Waals surface area contributed by atoms with Gasteiger partial charge in [0, 0.05) is 42.4 Å². The molecule has 152 valence electrons. The van der Waals surface area contributed by atoms with Gasteiger partial charge in [0.2, 0.25) is 5.43 Å². The number of hydrogen-bond donors (Lipinski definition) is 2. The summed E-state index contributed by atoms with van der Waals surface area (Å²) in [6, 6.07) is 14.8. The van der Waals surface area contributed by atoms with Crippen LogP contribution in [0.5, 0.6) is 11.5 Å². The third kappa shape index (κ3) is 3.38. The van der Waals surface area contributed by atoms with Gasteiger partial charge in [0.15, 0.2) is 22.7 Å². The molecule has 4 aromatic rings. The van der Waals surface area contributed by atoms with E-state index in [1.54, 1.807) is 18.2 Å². The maximum atomic E-state index is 12.9. The molecule has 0 atom stereocenters. The van der Waals surface area contributed by atoms with Gasteiger partial charge >= 0.3 is 0 Å². The zero-order chi connectivity index (χ0) is 20.7. The summed E-state index contributed by atoms with van der Waals surface area (Å²) in [5.41, 5.74) is 7.97. The van der Waals surface area contributed by atoms with Crippen LogP contribution >= 0.6 is 15.9 Å². The molecule has 0 unspecified atom stereocenters. The first-order chi connectivity index (χ1) is 14.6. The van der Waals surface area contributed by atoms with E-state index in [1.807, 2.05) is 30.3 Å². The Labute approximate surface area is 180 Å². The number of anilines is 2. The summed E-state index contributed by atoms with van der Waals surface area (Å²) in [6.45, 7) is 3.91. The van der Waals surface area contributed by atoms with Crippen molar-refractivity contribution in [3.8, 4) is 11.5 Å². The number of fused-ring (bicyclic) bond motifs is 2. The van der Waals surface area contributed by atoms with Gasteiger partial charge < -0.3 is 25.1 Å². The van der Waals surface area contributed by atoms with E-state index in [9.17, 15) is 4.79 Å². The minimum absolute atomic E-state index is 0.132. The summed E-state index contributed by atoms with van der Waals surface area (Å²) in [5.74, 6) is 1.11. The molecule has 0 aliphatic carbocycles. The number of nitrogen functional groups attached to an aromatic ring is 1. The number of nitrogens with two attached hydrogens (primary N) is 1. The maximum Gasteiger partial charge on any atom is 0.220 e. The summed E-state index contributed by atoms with van der Waals surface area (Å²) in [7, 11) is 0. The van der Waals surface area contributed by atoms with Crippen LogP contribution in [0, 0.1) is 0 Å². The van der Waals surface area contributed by atoms with Gasteiger partial charge in [-0.05, 0) is 52.3 Å². The zero-order valence-electron chi connectivity index (χ0n) is 16.0. The lowest BCUT2D eigenvalue weighted by atomic mass is 10.2. The number of benzene rings is 2. The van der Waals surface area contributed by atoms with Gasteiger partial charge in [0.25, 0.3) is 0 Å². The largest absolute Gasteiger partial charge is 0.454 e. The lowest BCUT2D eigenvalue weighted by Gasteiger charge is -2.29. The highest BCUT2D eigenvalue weighted by molar-refractivity contribution is 9.10. The lowest BCUT2D eigenvalue weighted by molar-refractivity contribution is 0.482. The molecular formula is C22H19BrN4O3. The monoisotopic (exact) mass is 466 g/mol. The van der Waals surface area contributed by atoms with Crippen molar-refractivity contribution in [1.29, 1.82) is 0 Å². The van der Waals surface area contributed by atoms with Gasteiger partial charge in [0.05, 0.1) is 5.39 Å². The fourth-order valence-corrected chi connectivity index (χ4v) is 4.16. The number of pyridine rings is 1. The van der Waals surface area contributed by atoms with E-state index < -0.39 is 0 Å². The summed E-state index contributed by atoms with van der Waals surface area (Å²) in [4.78, 5) is 19.4. The third-order valence-electron chi connectivity index (χ3n) is 5.16. The number of ether oxygens (including phenoxy) is 1. The van der Waals surface area contributed by atoms with Crippen molar-refractivity contribution < 1.29 is 9.15 Å². The minimum atomic E-state index is -0.239. The Kier molecular flexibility index (Phi) is 4.80. The Morgan fingerprint density at radius 3 is 2.63 bits per heavy atom. The van der Waals surface area contributed by atoms with Crippen molar-refractivity contribution in [2.24, 2.45) is 0 Å². The molecule has 2 aromatic carbocycles. The van der Waals surface area contributed by atoms with E-state index in [0.717, 1.165) is 31.9 Å². The van der Waals surface area contributed by atoms with Crippen molar-refractivity contribution in [2.45, 2.75) is 0 Å². The van der Waals surface area contributed by atoms with Crippen LogP contribution in [0.1, 0.15) is 0 Å². The summed E-state index contributed by atoms with van der Waals surface area (Å²) < 4.78 is 12.5. The molecule has 5 rings (SSSR count). The van der Waals surface area contributed by atoms with Crippen LogP contribution in [-0.4, -0.2) is 31.2 Å². The molecule has 3 heterocycles. The van der Waals surface area contributed by atoms with Crippen LogP contribution in [0.2, 0.25) is 0 Å². The topological polar surface area (TPSA) is 93.6 Å². The van der Waals surface area contributed by atoms with Crippen LogP contribution in [0.25, 0.3) is 22.1 Å². The second-order valence-corrected chi connectivity index (χ2v) is 7.95.